The summed E-state index contributed by atoms with van der Waals surface area (Å²) in [5.41, 5.74) is 1.28. The topological polar surface area (TPSA) is 21.3 Å². The van der Waals surface area contributed by atoms with Crippen LogP contribution in [-0.2, 0) is 6.42 Å². The van der Waals surface area contributed by atoms with Gasteiger partial charge >= 0.3 is 0 Å². The molecule has 0 saturated heterocycles. The first-order valence-electron chi connectivity index (χ1n) is 6.19. The molecule has 96 valence electrons. The Morgan fingerprint density at radius 3 is 2.71 bits per heavy atom. The van der Waals surface area contributed by atoms with E-state index in [-0.39, 0.29) is 0 Å². The molecule has 0 heterocycles. The first-order chi connectivity index (χ1) is 8.13. The maximum atomic E-state index is 5.36. The zero-order valence-electron chi connectivity index (χ0n) is 10.9. The van der Waals surface area contributed by atoms with Crippen LogP contribution in [0.4, 0.5) is 0 Å². The highest BCUT2D eigenvalue weighted by atomic mass is 79.9. The Kier molecular flexibility index (Phi) is 6.60. The zero-order chi connectivity index (χ0) is 12.7. The SMILES string of the molecule is COc1ccc(Br)cc1CCCCNC(C)C. The lowest BCUT2D eigenvalue weighted by Gasteiger charge is -2.10. The number of nitrogens with one attached hydrogen (secondary N) is 1. The molecule has 3 heteroatoms. The quantitative estimate of drug-likeness (QED) is 0.774. The number of aryl methyl sites for hydroxylation is 1. The minimum absolute atomic E-state index is 0.579. The van der Waals surface area contributed by atoms with Crippen LogP contribution in [0.3, 0.4) is 0 Å². The van der Waals surface area contributed by atoms with Gasteiger partial charge in [0.15, 0.2) is 0 Å². The molecule has 0 spiro atoms. The fourth-order valence-corrected chi connectivity index (χ4v) is 2.18. The lowest BCUT2D eigenvalue weighted by atomic mass is 10.1. The van der Waals surface area contributed by atoms with Crippen molar-refractivity contribution in [3.8, 4) is 5.75 Å². The van der Waals surface area contributed by atoms with Crippen molar-refractivity contribution in [1.29, 1.82) is 0 Å². The van der Waals surface area contributed by atoms with Crippen molar-refractivity contribution in [2.45, 2.75) is 39.2 Å². The van der Waals surface area contributed by atoms with E-state index in [0.717, 1.165) is 23.2 Å². The first kappa shape index (κ1) is 14.5. The summed E-state index contributed by atoms with van der Waals surface area (Å²) >= 11 is 3.50. The molecule has 0 saturated carbocycles. The molecule has 17 heavy (non-hydrogen) atoms. The van der Waals surface area contributed by atoms with Crippen molar-refractivity contribution in [3.05, 3.63) is 28.2 Å². The van der Waals surface area contributed by atoms with E-state index in [9.17, 15) is 0 Å². The van der Waals surface area contributed by atoms with Gasteiger partial charge in [0.25, 0.3) is 0 Å². The highest BCUT2D eigenvalue weighted by molar-refractivity contribution is 9.10. The second-order valence-corrected chi connectivity index (χ2v) is 5.44. The Hall–Kier alpha value is -0.540. The van der Waals surface area contributed by atoms with Gasteiger partial charge in [-0.3, -0.25) is 0 Å². The summed E-state index contributed by atoms with van der Waals surface area (Å²) in [7, 11) is 1.73. The summed E-state index contributed by atoms with van der Waals surface area (Å²) in [6, 6.07) is 6.76. The Morgan fingerprint density at radius 2 is 2.06 bits per heavy atom. The number of methoxy groups -OCH3 is 1. The molecule has 0 aliphatic rings. The molecule has 1 N–H and O–H groups in total. The molecule has 1 aromatic rings. The van der Waals surface area contributed by atoms with Crippen LogP contribution in [0.1, 0.15) is 32.3 Å². The average molecular weight is 300 g/mol. The maximum absolute atomic E-state index is 5.36. The molecule has 0 unspecified atom stereocenters. The third kappa shape index (κ3) is 5.55. The van der Waals surface area contributed by atoms with Crippen LogP contribution in [0, 0.1) is 0 Å². The van der Waals surface area contributed by atoms with Crippen LogP contribution in [0.5, 0.6) is 5.75 Å². The monoisotopic (exact) mass is 299 g/mol. The van der Waals surface area contributed by atoms with Gasteiger partial charge in [-0.1, -0.05) is 29.8 Å². The number of benzene rings is 1. The molecule has 0 aliphatic heterocycles. The van der Waals surface area contributed by atoms with E-state index < -0.39 is 0 Å². The molecule has 0 atom stereocenters. The third-order valence-corrected chi connectivity index (χ3v) is 3.16. The van der Waals surface area contributed by atoms with E-state index in [1.165, 1.54) is 18.4 Å². The largest absolute Gasteiger partial charge is 0.496 e. The van der Waals surface area contributed by atoms with Gasteiger partial charge in [-0.25, -0.2) is 0 Å². The van der Waals surface area contributed by atoms with Crippen LogP contribution in [0.25, 0.3) is 0 Å². The summed E-state index contributed by atoms with van der Waals surface area (Å²) in [5, 5.41) is 3.43. The van der Waals surface area contributed by atoms with Crippen molar-refractivity contribution in [2.75, 3.05) is 13.7 Å². The van der Waals surface area contributed by atoms with E-state index in [4.69, 9.17) is 4.74 Å². The molecule has 1 aromatic carbocycles. The maximum Gasteiger partial charge on any atom is 0.122 e. The van der Waals surface area contributed by atoms with Crippen LogP contribution in [0.2, 0.25) is 0 Å². The van der Waals surface area contributed by atoms with E-state index in [2.05, 4.69) is 41.2 Å². The molecule has 0 amide bonds. The van der Waals surface area contributed by atoms with Crippen molar-refractivity contribution in [3.63, 3.8) is 0 Å². The summed E-state index contributed by atoms with van der Waals surface area (Å²) in [5.74, 6) is 0.991. The van der Waals surface area contributed by atoms with Crippen molar-refractivity contribution >= 4 is 15.9 Å². The normalized spacial score (nSPS) is 10.9. The zero-order valence-corrected chi connectivity index (χ0v) is 12.5. The first-order valence-corrected chi connectivity index (χ1v) is 6.98. The van der Waals surface area contributed by atoms with Crippen molar-refractivity contribution < 1.29 is 4.74 Å². The highest BCUT2D eigenvalue weighted by Crippen LogP contribution is 2.24. The van der Waals surface area contributed by atoms with Crippen LogP contribution >= 0.6 is 15.9 Å². The van der Waals surface area contributed by atoms with Crippen molar-refractivity contribution in [2.24, 2.45) is 0 Å². The standard InChI is InChI=1S/C14H22BrNO/c1-11(2)16-9-5-4-6-12-10-13(15)7-8-14(12)17-3/h7-8,10-11,16H,4-6,9H2,1-3H3. The van der Waals surface area contributed by atoms with Gasteiger partial charge in [-0.15, -0.1) is 0 Å². The lowest BCUT2D eigenvalue weighted by molar-refractivity contribution is 0.408. The number of unbranched alkanes of at least 4 members (excludes halogenated alkanes) is 1. The van der Waals surface area contributed by atoms with E-state index in [1.54, 1.807) is 7.11 Å². The number of halogens is 1. The molecule has 0 fully saturated rings. The molecular formula is C14H22BrNO. The number of hydrogen-bond acceptors (Lipinski definition) is 2. The minimum atomic E-state index is 0.579. The van der Waals surface area contributed by atoms with E-state index in [0.29, 0.717) is 6.04 Å². The fourth-order valence-electron chi connectivity index (χ4n) is 1.77. The van der Waals surface area contributed by atoms with Crippen LogP contribution in [0.15, 0.2) is 22.7 Å². The average Bonchev–Trinajstić information content (AvgIpc) is 2.28. The summed E-state index contributed by atoms with van der Waals surface area (Å²) in [6.45, 7) is 5.45. The molecule has 1 rings (SSSR count). The third-order valence-electron chi connectivity index (χ3n) is 2.67. The Bertz CT molecular complexity index is 339. The molecule has 0 radical (unpaired) electrons. The number of ether oxygens (including phenoxy) is 1. The smallest absolute Gasteiger partial charge is 0.122 e. The van der Waals surface area contributed by atoms with Crippen LogP contribution < -0.4 is 10.1 Å². The summed E-state index contributed by atoms with van der Waals surface area (Å²) in [4.78, 5) is 0. The summed E-state index contributed by atoms with van der Waals surface area (Å²) in [6.07, 6.45) is 3.46. The molecular weight excluding hydrogens is 278 g/mol. The Morgan fingerprint density at radius 1 is 1.29 bits per heavy atom. The molecule has 2 nitrogen and oxygen atoms in total. The van der Waals surface area contributed by atoms with E-state index >= 15 is 0 Å². The number of rotatable bonds is 7. The van der Waals surface area contributed by atoms with E-state index in [1.807, 2.05) is 12.1 Å². The second-order valence-electron chi connectivity index (χ2n) is 4.52. The molecule has 0 bridgehead atoms. The van der Waals surface area contributed by atoms with Gasteiger partial charge in [0.05, 0.1) is 7.11 Å². The predicted molar refractivity (Wildman–Crippen MR) is 76.8 cm³/mol. The van der Waals surface area contributed by atoms with Gasteiger partial charge in [-0.05, 0) is 49.6 Å². The Balaban J connectivity index is 2.37. The minimum Gasteiger partial charge on any atom is -0.496 e. The lowest BCUT2D eigenvalue weighted by Crippen LogP contribution is -2.23. The van der Waals surface area contributed by atoms with Crippen molar-refractivity contribution in [1.82, 2.24) is 5.32 Å². The van der Waals surface area contributed by atoms with Gasteiger partial charge in [-0.2, -0.15) is 0 Å². The highest BCUT2D eigenvalue weighted by Gasteiger charge is 2.03. The molecule has 0 aliphatic carbocycles. The van der Waals surface area contributed by atoms with Gasteiger partial charge in [0.1, 0.15) is 5.75 Å². The summed E-state index contributed by atoms with van der Waals surface area (Å²) < 4.78 is 6.48. The second kappa shape index (κ2) is 7.72. The molecule has 0 aromatic heterocycles. The predicted octanol–water partition coefficient (Wildman–Crippen LogP) is 3.78. The fraction of sp³-hybridized carbons (Fsp3) is 0.571. The van der Waals surface area contributed by atoms with Crippen LogP contribution in [-0.4, -0.2) is 19.7 Å². The van der Waals surface area contributed by atoms with Gasteiger partial charge in [0.2, 0.25) is 0 Å². The number of hydrogen-bond donors (Lipinski definition) is 1. The Labute approximate surface area is 113 Å². The van der Waals surface area contributed by atoms with Gasteiger partial charge in [0, 0.05) is 10.5 Å². The van der Waals surface area contributed by atoms with Gasteiger partial charge < -0.3 is 10.1 Å².